The number of amides is 1. The van der Waals surface area contributed by atoms with Crippen molar-refractivity contribution in [2.24, 2.45) is 5.92 Å². The molecule has 2 unspecified atom stereocenters. The molecule has 0 aromatic carbocycles. The molecule has 1 N–H and O–H groups in total. The van der Waals surface area contributed by atoms with Crippen LogP contribution in [0.15, 0.2) is 0 Å². The van der Waals surface area contributed by atoms with Crippen LogP contribution in [-0.4, -0.2) is 50.2 Å². The molecule has 0 radical (unpaired) electrons. The van der Waals surface area contributed by atoms with Gasteiger partial charge in [0.1, 0.15) is 0 Å². The number of carbonyl (C=O) groups excluding carboxylic acids is 1. The van der Waals surface area contributed by atoms with E-state index in [4.69, 9.17) is 4.74 Å². The maximum Gasteiger partial charge on any atom is 0.239 e. The van der Waals surface area contributed by atoms with E-state index in [1.807, 2.05) is 14.0 Å². The molecule has 0 saturated carbocycles. The molecule has 0 bridgehead atoms. The first kappa shape index (κ1) is 12.5. The Morgan fingerprint density at radius 1 is 1.60 bits per heavy atom. The topological polar surface area (TPSA) is 41.6 Å². The largest absolute Gasteiger partial charge is 0.380 e. The molecule has 1 heterocycles. The van der Waals surface area contributed by atoms with Crippen LogP contribution in [0.25, 0.3) is 0 Å². The van der Waals surface area contributed by atoms with Crippen molar-refractivity contribution in [3.63, 3.8) is 0 Å². The van der Waals surface area contributed by atoms with Gasteiger partial charge in [0.2, 0.25) is 5.91 Å². The molecule has 1 amide bonds. The van der Waals surface area contributed by atoms with Crippen LogP contribution < -0.4 is 5.32 Å². The van der Waals surface area contributed by atoms with Gasteiger partial charge in [0, 0.05) is 20.2 Å². The van der Waals surface area contributed by atoms with Gasteiger partial charge in [0.15, 0.2) is 0 Å². The van der Waals surface area contributed by atoms with Gasteiger partial charge in [-0.15, -0.1) is 0 Å². The van der Waals surface area contributed by atoms with E-state index in [1.54, 1.807) is 4.90 Å². The van der Waals surface area contributed by atoms with E-state index in [1.165, 1.54) is 0 Å². The van der Waals surface area contributed by atoms with Gasteiger partial charge in [-0.05, 0) is 25.8 Å². The number of ether oxygens (including phenoxy) is 1. The van der Waals surface area contributed by atoms with Crippen molar-refractivity contribution in [2.45, 2.75) is 26.3 Å². The second-order valence-corrected chi connectivity index (χ2v) is 4.15. The molecule has 88 valence electrons. The quantitative estimate of drug-likeness (QED) is 0.677. The summed E-state index contributed by atoms with van der Waals surface area (Å²) in [5.74, 6) is 0.645. The van der Waals surface area contributed by atoms with Gasteiger partial charge in [0.25, 0.3) is 0 Å². The smallest absolute Gasteiger partial charge is 0.239 e. The lowest BCUT2D eigenvalue weighted by atomic mass is 10.0. The molecule has 4 heteroatoms. The predicted molar refractivity (Wildman–Crippen MR) is 59.7 cm³/mol. The Labute approximate surface area is 92.0 Å². The van der Waals surface area contributed by atoms with E-state index in [-0.39, 0.29) is 11.9 Å². The summed E-state index contributed by atoms with van der Waals surface area (Å²) in [6.45, 7) is 7.05. The number of rotatable bonds is 5. The van der Waals surface area contributed by atoms with Crippen molar-refractivity contribution in [1.82, 2.24) is 10.2 Å². The Balaban J connectivity index is 2.31. The van der Waals surface area contributed by atoms with Gasteiger partial charge in [-0.25, -0.2) is 0 Å². The van der Waals surface area contributed by atoms with Crippen LogP contribution in [0, 0.1) is 5.92 Å². The highest BCUT2D eigenvalue weighted by molar-refractivity contribution is 5.82. The lowest BCUT2D eigenvalue weighted by molar-refractivity contribution is -0.133. The first-order valence-corrected chi connectivity index (χ1v) is 5.73. The minimum Gasteiger partial charge on any atom is -0.380 e. The zero-order valence-electron chi connectivity index (χ0n) is 9.95. The van der Waals surface area contributed by atoms with Crippen molar-refractivity contribution < 1.29 is 9.53 Å². The summed E-state index contributed by atoms with van der Waals surface area (Å²) in [6, 6.07) is 0.0108. The van der Waals surface area contributed by atoms with Crippen molar-refractivity contribution in [3.8, 4) is 0 Å². The summed E-state index contributed by atoms with van der Waals surface area (Å²) in [5.41, 5.74) is 0. The van der Waals surface area contributed by atoms with Crippen LogP contribution >= 0.6 is 0 Å². The molecule has 0 aromatic heterocycles. The zero-order valence-corrected chi connectivity index (χ0v) is 9.95. The maximum absolute atomic E-state index is 12.0. The molecule has 0 aliphatic carbocycles. The van der Waals surface area contributed by atoms with Gasteiger partial charge in [-0.1, -0.05) is 6.92 Å². The highest BCUT2D eigenvalue weighted by atomic mass is 16.5. The summed E-state index contributed by atoms with van der Waals surface area (Å²) < 4.78 is 5.23. The lowest BCUT2D eigenvalue weighted by Crippen LogP contribution is -2.45. The average Bonchev–Trinajstić information content (AvgIpc) is 2.63. The van der Waals surface area contributed by atoms with Gasteiger partial charge in [0.05, 0.1) is 12.6 Å². The number of nitrogens with one attached hydrogen (secondary N) is 1. The second kappa shape index (κ2) is 6.08. The molecule has 1 rings (SSSR count). The molecule has 0 aromatic rings. The SMILES string of the molecule is CCOCCN(C)C(=O)C1NCCC1C. The summed E-state index contributed by atoms with van der Waals surface area (Å²) >= 11 is 0. The molecule has 1 aliphatic rings. The maximum atomic E-state index is 12.0. The number of nitrogens with zero attached hydrogens (tertiary/aromatic N) is 1. The fourth-order valence-corrected chi connectivity index (χ4v) is 1.86. The van der Waals surface area contributed by atoms with Crippen molar-refractivity contribution in [2.75, 3.05) is 33.4 Å². The Bertz CT molecular complexity index is 209. The monoisotopic (exact) mass is 214 g/mol. The van der Waals surface area contributed by atoms with Gasteiger partial charge >= 0.3 is 0 Å². The molecule has 2 atom stereocenters. The van der Waals surface area contributed by atoms with E-state index in [9.17, 15) is 4.79 Å². The van der Waals surface area contributed by atoms with Crippen LogP contribution in [0.1, 0.15) is 20.3 Å². The molecule has 1 aliphatic heterocycles. The summed E-state index contributed by atoms with van der Waals surface area (Å²) in [4.78, 5) is 13.7. The highest BCUT2D eigenvalue weighted by Gasteiger charge is 2.30. The van der Waals surface area contributed by atoms with E-state index >= 15 is 0 Å². The van der Waals surface area contributed by atoms with Crippen LogP contribution in [0.4, 0.5) is 0 Å². The second-order valence-electron chi connectivity index (χ2n) is 4.15. The van der Waals surface area contributed by atoms with E-state index < -0.39 is 0 Å². The molecular weight excluding hydrogens is 192 g/mol. The Morgan fingerprint density at radius 3 is 2.87 bits per heavy atom. The third kappa shape index (κ3) is 3.47. The molecule has 4 nitrogen and oxygen atoms in total. The highest BCUT2D eigenvalue weighted by Crippen LogP contribution is 2.15. The number of hydrogen-bond donors (Lipinski definition) is 1. The van der Waals surface area contributed by atoms with Crippen LogP contribution in [0.3, 0.4) is 0 Å². The average molecular weight is 214 g/mol. The summed E-state index contributed by atoms with van der Waals surface area (Å²) in [6.07, 6.45) is 1.09. The van der Waals surface area contributed by atoms with E-state index in [2.05, 4.69) is 12.2 Å². The normalized spacial score (nSPS) is 25.5. The first-order chi connectivity index (χ1) is 7.16. The van der Waals surface area contributed by atoms with Gasteiger partial charge in [-0.3, -0.25) is 4.79 Å². The van der Waals surface area contributed by atoms with E-state index in [0.717, 1.165) is 13.0 Å². The van der Waals surface area contributed by atoms with Crippen LogP contribution in [0.5, 0.6) is 0 Å². The Hall–Kier alpha value is -0.610. The summed E-state index contributed by atoms with van der Waals surface area (Å²) in [5, 5.41) is 3.25. The van der Waals surface area contributed by atoms with Gasteiger partial charge < -0.3 is 15.0 Å². The van der Waals surface area contributed by atoms with Crippen molar-refractivity contribution in [1.29, 1.82) is 0 Å². The van der Waals surface area contributed by atoms with Crippen molar-refractivity contribution in [3.05, 3.63) is 0 Å². The first-order valence-electron chi connectivity index (χ1n) is 5.73. The Kier molecular flexibility index (Phi) is 5.05. The Morgan fingerprint density at radius 2 is 2.33 bits per heavy atom. The fourth-order valence-electron chi connectivity index (χ4n) is 1.86. The van der Waals surface area contributed by atoms with E-state index in [0.29, 0.717) is 25.7 Å². The number of carbonyl (C=O) groups is 1. The van der Waals surface area contributed by atoms with Gasteiger partial charge in [-0.2, -0.15) is 0 Å². The summed E-state index contributed by atoms with van der Waals surface area (Å²) in [7, 11) is 1.84. The number of likely N-dealkylation sites (N-methyl/N-ethyl adjacent to an activating group) is 1. The molecular formula is C11H22N2O2. The molecule has 15 heavy (non-hydrogen) atoms. The minimum atomic E-state index is 0.0108. The fraction of sp³-hybridized carbons (Fsp3) is 0.909. The lowest BCUT2D eigenvalue weighted by Gasteiger charge is -2.23. The standard InChI is InChI=1S/C11H22N2O2/c1-4-15-8-7-13(3)11(14)10-9(2)5-6-12-10/h9-10,12H,4-8H2,1-3H3. The van der Waals surface area contributed by atoms with Crippen LogP contribution in [0.2, 0.25) is 0 Å². The molecule has 1 fully saturated rings. The third-order valence-electron chi connectivity index (χ3n) is 2.95. The number of hydrogen-bond acceptors (Lipinski definition) is 3. The van der Waals surface area contributed by atoms with Crippen LogP contribution in [-0.2, 0) is 9.53 Å². The van der Waals surface area contributed by atoms with Crippen molar-refractivity contribution >= 4 is 5.91 Å². The predicted octanol–water partition coefficient (Wildman–Crippen LogP) is 0.479. The minimum absolute atomic E-state index is 0.0108. The molecule has 0 spiro atoms. The molecule has 1 saturated heterocycles. The third-order valence-corrected chi connectivity index (χ3v) is 2.95. The zero-order chi connectivity index (χ0) is 11.3.